The smallest absolute Gasteiger partial charge is 0.294 e. The predicted octanol–water partition coefficient (Wildman–Crippen LogP) is -0.0195. The van der Waals surface area contributed by atoms with Crippen molar-refractivity contribution in [3.63, 3.8) is 0 Å². The Morgan fingerprint density at radius 2 is 1.75 bits per heavy atom. The van der Waals surface area contributed by atoms with Crippen molar-refractivity contribution in [1.82, 2.24) is 18.7 Å². The molecule has 0 radical (unpaired) electrons. The van der Waals surface area contributed by atoms with Crippen molar-refractivity contribution in [3.8, 4) is 0 Å². The number of carbonyl (C=O) groups excluding carboxylic acids is 1. The lowest BCUT2D eigenvalue weighted by atomic mass is 10.2. The van der Waals surface area contributed by atoms with Crippen LogP contribution in [0.5, 0.6) is 0 Å². The molecule has 8 heteroatoms. The highest BCUT2D eigenvalue weighted by Crippen LogP contribution is 2.27. The van der Waals surface area contributed by atoms with Crippen molar-refractivity contribution < 1.29 is 4.79 Å². The van der Waals surface area contributed by atoms with Gasteiger partial charge in [-0.2, -0.15) is 4.98 Å². The Kier molecular flexibility index (Phi) is 2.96. The van der Waals surface area contributed by atoms with Gasteiger partial charge in [-0.25, -0.2) is 4.79 Å². The Bertz CT molecular complexity index is 1090. The fourth-order valence-corrected chi connectivity index (χ4v) is 3.05. The molecule has 3 heterocycles. The van der Waals surface area contributed by atoms with E-state index in [9.17, 15) is 14.4 Å². The van der Waals surface area contributed by atoms with Crippen LogP contribution in [-0.2, 0) is 32.0 Å². The summed E-state index contributed by atoms with van der Waals surface area (Å²) in [6.07, 6.45) is 0. The molecular weight excluding hydrogens is 310 g/mol. The highest BCUT2D eigenvalue weighted by molar-refractivity contribution is 5.98. The molecule has 0 N–H and O–H groups in total. The van der Waals surface area contributed by atoms with Crippen LogP contribution in [0.15, 0.2) is 39.9 Å². The van der Waals surface area contributed by atoms with Crippen molar-refractivity contribution in [2.24, 2.45) is 14.1 Å². The third kappa shape index (κ3) is 1.86. The zero-order chi connectivity index (χ0) is 17.0. The van der Waals surface area contributed by atoms with Gasteiger partial charge in [0, 0.05) is 14.1 Å². The standard InChI is InChI=1S/C16H15N5O3/c1-18-13-12(14(23)19(2)16(18)24)21-9-11(22)20(15(21)17-13)8-10-6-4-3-5-7-10/h3-7H,8-9H2,1-2H3. The van der Waals surface area contributed by atoms with E-state index >= 15 is 0 Å². The molecule has 24 heavy (non-hydrogen) atoms. The number of rotatable bonds is 2. The first-order chi connectivity index (χ1) is 11.5. The highest BCUT2D eigenvalue weighted by atomic mass is 16.2. The second-order valence-corrected chi connectivity index (χ2v) is 5.84. The molecule has 0 saturated heterocycles. The van der Waals surface area contributed by atoms with Gasteiger partial charge in [-0.1, -0.05) is 30.3 Å². The first-order valence-corrected chi connectivity index (χ1v) is 7.49. The van der Waals surface area contributed by atoms with E-state index in [0.29, 0.717) is 18.1 Å². The number of imidazole rings is 1. The van der Waals surface area contributed by atoms with Crippen LogP contribution in [0.3, 0.4) is 0 Å². The van der Waals surface area contributed by atoms with E-state index in [1.54, 1.807) is 16.5 Å². The van der Waals surface area contributed by atoms with Crippen molar-refractivity contribution in [1.29, 1.82) is 0 Å². The average molecular weight is 325 g/mol. The zero-order valence-corrected chi connectivity index (χ0v) is 13.3. The van der Waals surface area contributed by atoms with Gasteiger partial charge >= 0.3 is 5.69 Å². The minimum Gasteiger partial charge on any atom is -0.294 e. The summed E-state index contributed by atoms with van der Waals surface area (Å²) in [5.41, 5.74) is 0.654. The number of fused-ring (bicyclic) bond motifs is 3. The van der Waals surface area contributed by atoms with Crippen LogP contribution in [0.4, 0.5) is 5.95 Å². The average Bonchev–Trinajstić information content (AvgIpc) is 3.09. The summed E-state index contributed by atoms with van der Waals surface area (Å²) in [6, 6.07) is 9.56. The molecule has 8 nitrogen and oxygen atoms in total. The molecule has 0 spiro atoms. The number of amides is 1. The number of aryl methyl sites for hydroxylation is 1. The first-order valence-electron chi connectivity index (χ1n) is 7.49. The lowest BCUT2D eigenvalue weighted by Crippen LogP contribution is -2.37. The number of carbonyl (C=O) groups is 1. The van der Waals surface area contributed by atoms with Crippen LogP contribution in [0.1, 0.15) is 5.56 Å². The van der Waals surface area contributed by atoms with E-state index in [0.717, 1.165) is 10.1 Å². The molecule has 4 rings (SSSR count). The minimum atomic E-state index is -0.443. The van der Waals surface area contributed by atoms with E-state index < -0.39 is 11.2 Å². The number of hydrogen-bond acceptors (Lipinski definition) is 4. The van der Waals surface area contributed by atoms with E-state index in [2.05, 4.69) is 4.98 Å². The molecule has 1 aliphatic heterocycles. The maximum atomic E-state index is 12.5. The Morgan fingerprint density at radius 1 is 1.04 bits per heavy atom. The molecular formula is C16H15N5O3. The van der Waals surface area contributed by atoms with Crippen LogP contribution in [0.2, 0.25) is 0 Å². The Hall–Kier alpha value is -3.16. The summed E-state index contributed by atoms with van der Waals surface area (Å²) in [6.45, 7) is 0.420. The van der Waals surface area contributed by atoms with Gasteiger partial charge in [0.15, 0.2) is 11.2 Å². The molecule has 1 aromatic carbocycles. The number of benzene rings is 1. The van der Waals surface area contributed by atoms with Gasteiger partial charge in [0.2, 0.25) is 11.9 Å². The number of nitrogens with zero attached hydrogens (tertiary/aromatic N) is 5. The summed E-state index contributed by atoms with van der Waals surface area (Å²) in [5, 5.41) is 0. The minimum absolute atomic E-state index is 0.0477. The monoisotopic (exact) mass is 325 g/mol. The molecule has 0 unspecified atom stereocenters. The first kappa shape index (κ1) is 14.4. The predicted molar refractivity (Wildman–Crippen MR) is 87.8 cm³/mol. The molecule has 0 saturated carbocycles. The Morgan fingerprint density at radius 3 is 2.46 bits per heavy atom. The second-order valence-electron chi connectivity index (χ2n) is 5.84. The lowest BCUT2D eigenvalue weighted by Gasteiger charge is -2.13. The quantitative estimate of drug-likeness (QED) is 0.663. The molecule has 0 bridgehead atoms. The van der Waals surface area contributed by atoms with Gasteiger partial charge in [0.05, 0.1) is 6.54 Å². The molecule has 0 aliphatic carbocycles. The molecule has 122 valence electrons. The summed E-state index contributed by atoms with van der Waals surface area (Å²) in [5.74, 6) is 0.274. The Labute approximate surface area is 136 Å². The number of anilines is 1. The van der Waals surface area contributed by atoms with Crippen LogP contribution < -0.4 is 16.1 Å². The van der Waals surface area contributed by atoms with Gasteiger partial charge in [-0.15, -0.1) is 0 Å². The number of hydrogen-bond donors (Lipinski definition) is 0. The maximum absolute atomic E-state index is 12.5. The molecule has 0 atom stereocenters. The summed E-state index contributed by atoms with van der Waals surface area (Å²) in [7, 11) is 2.98. The Balaban J connectivity index is 1.92. The fraction of sp³-hybridized carbons (Fsp3) is 0.250. The zero-order valence-electron chi connectivity index (χ0n) is 13.3. The second kappa shape index (κ2) is 4.92. The van der Waals surface area contributed by atoms with Crippen molar-refractivity contribution in [2.75, 3.05) is 4.90 Å². The summed E-state index contributed by atoms with van der Waals surface area (Å²) in [4.78, 5) is 42.8. The van der Waals surface area contributed by atoms with E-state index in [4.69, 9.17) is 0 Å². The van der Waals surface area contributed by atoms with Crippen molar-refractivity contribution in [3.05, 3.63) is 56.7 Å². The molecule has 1 aliphatic rings. The van der Waals surface area contributed by atoms with E-state index in [1.165, 1.54) is 11.6 Å². The maximum Gasteiger partial charge on any atom is 0.332 e. The lowest BCUT2D eigenvalue weighted by molar-refractivity contribution is -0.118. The normalized spacial score (nSPS) is 13.8. The highest BCUT2D eigenvalue weighted by Gasteiger charge is 2.33. The van der Waals surface area contributed by atoms with Gasteiger partial charge in [0.1, 0.15) is 6.54 Å². The molecule has 1 amide bonds. The third-order valence-corrected chi connectivity index (χ3v) is 4.35. The topological polar surface area (TPSA) is 82.1 Å². The van der Waals surface area contributed by atoms with Crippen LogP contribution in [0, 0.1) is 0 Å². The molecule has 2 aromatic heterocycles. The number of aromatic nitrogens is 4. The summed E-state index contributed by atoms with van der Waals surface area (Å²) >= 11 is 0. The molecule has 0 fully saturated rings. The van der Waals surface area contributed by atoms with Gasteiger partial charge in [-0.3, -0.25) is 28.2 Å². The van der Waals surface area contributed by atoms with E-state index in [-0.39, 0.29) is 18.0 Å². The van der Waals surface area contributed by atoms with Gasteiger partial charge in [-0.05, 0) is 5.56 Å². The fourth-order valence-electron chi connectivity index (χ4n) is 3.05. The summed E-state index contributed by atoms with van der Waals surface area (Å²) < 4.78 is 3.94. The van der Waals surface area contributed by atoms with Crippen molar-refractivity contribution in [2.45, 2.75) is 13.1 Å². The van der Waals surface area contributed by atoms with E-state index in [1.807, 2.05) is 30.3 Å². The van der Waals surface area contributed by atoms with Crippen LogP contribution in [-0.4, -0.2) is 24.6 Å². The third-order valence-electron chi connectivity index (χ3n) is 4.35. The van der Waals surface area contributed by atoms with Gasteiger partial charge in [0.25, 0.3) is 5.56 Å². The molecule has 3 aromatic rings. The SMILES string of the molecule is Cn1c(=O)c2c(nc3n2CC(=O)N3Cc2ccccc2)n(C)c1=O. The van der Waals surface area contributed by atoms with Gasteiger partial charge < -0.3 is 0 Å². The van der Waals surface area contributed by atoms with Crippen LogP contribution >= 0.6 is 0 Å². The largest absolute Gasteiger partial charge is 0.332 e. The van der Waals surface area contributed by atoms with Crippen LogP contribution in [0.25, 0.3) is 11.2 Å². The van der Waals surface area contributed by atoms with Crippen molar-refractivity contribution >= 4 is 23.0 Å².